The van der Waals surface area contributed by atoms with E-state index in [1.165, 1.54) is 32.5 Å². The predicted molar refractivity (Wildman–Crippen MR) is 118 cm³/mol. The van der Waals surface area contributed by atoms with Crippen molar-refractivity contribution in [2.75, 3.05) is 14.2 Å². The van der Waals surface area contributed by atoms with Gasteiger partial charge in [0.1, 0.15) is 5.56 Å². The van der Waals surface area contributed by atoms with Crippen LogP contribution in [-0.4, -0.2) is 29.9 Å². The summed E-state index contributed by atoms with van der Waals surface area (Å²) in [6, 6.07) is 8.72. The van der Waals surface area contributed by atoms with Gasteiger partial charge in [0.15, 0.2) is 34.5 Å². The summed E-state index contributed by atoms with van der Waals surface area (Å²) in [6.07, 6.45) is 1.52. The Balaban J connectivity index is 1.74. The molecule has 4 rings (SSSR count). The monoisotopic (exact) mass is 468 g/mol. The van der Waals surface area contributed by atoms with E-state index in [9.17, 15) is 23.7 Å². The van der Waals surface area contributed by atoms with Gasteiger partial charge < -0.3 is 13.9 Å². The minimum atomic E-state index is -1.18. The fourth-order valence-corrected chi connectivity index (χ4v) is 3.68. The van der Waals surface area contributed by atoms with E-state index >= 15 is 0 Å². The highest BCUT2D eigenvalue weighted by Gasteiger charge is 2.28. The van der Waals surface area contributed by atoms with Gasteiger partial charge in [-0.25, -0.2) is 8.78 Å². The number of fused-ring (bicyclic) bond motifs is 1. The maximum atomic E-state index is 14.7. The lowest BCUT2D eigenvalue weighted by molar-refractivity contribution is -0.385. The van der Waals surface area contributed by atoms with Crippen LogP contribution in [0.1, 0.15) is 32.9 Å². The zero-order valence-electron chi connectivity index (χ0n) is 18.3. The normalized spacial score (nSPS) is 11.0. The first kappa shape index (κ1) is 22.8. The molecule has 0 aliphatic rings. The van der Waals surface area contributed by atoms with E-state index in [0.717, 1.165) is 11.6 Å². The van der Waals surface area contributed by atoms with Gasteiger partial charge in [0, 0.05) is 35.2 Å². The number of nitro groups is 1. The number of carbonyl (C=O) groups excluding carboxylic acids is 1. The van der Waals surface area contributed by atoms with Crippen LogP contribution in [0.3, 0.4) is 0 Å². The number of pyridine rings is 1. The molecule has 0 bridgehead atoms. The molecule has 0 saturated carbocycles. The number of benzene rings is 2. The molecular weight excluding hydrogens is 450 g/mol. The topological polar surface area (TPSA) is 105 Å². The van der Waals surface area contributed by atoms with E-state index in [1.54, 1.807) is 25.1 Å². The Labute approximate surface area is 191 Å². The molecule has 0 aliphatic heterocycles. The van der Waals surface area contributed by atoms with Gasteiger partial charge in [-0.3, -0.25) is 19.9 Å². The van der Waals surface area contributed by atoms with Crippen LogP contribution >= 0.6 is 0 Å². The molecular formula is C24H18F2N2O6. The van der Waals surface area contributed by atoms with E-state index in [1.807, 2.05) is 0 Å². The molecule has 4 aromatic rings. The number of nitro benzene ring substituents is 1. The molecule has 0 atom stereocenters. The summed E-state index contributed by atoms with van der Waals surface area (Å²) >= 11 is 0. The summed E-state index contributed by atoms with van der Waals surface area (Å²) < 4.78 is 44.7. The average Bonchev–Trinajstić information content (AvgIpc) is 3.24. The Morgan fingerprint density at radius 2 is 1.79 bits per heavy atom. The molecule has 34 heavy (non-hydrogen) atoms. The largest absolute Gasteiger partial charge is 0.494 e. The predicted octanol–water partition coefficient (Wildman–Crippen LogP) is 5.16. The van der Waals surface area contributed by atoms with E-state index in [-0.39, 0.29) is 35.0 Å². The van der Waals surface area contributed by atoms with Crippen LogP contribution in [0.2, 0.25) is 0 Å². The molecule has 0 unspecified atom stereocenters. The Hall–Kier alpha value is -4.34. The van der Waals surface area contributed by atoms with Gasteiger partial charge in [-0.15, -0.1) is 0 Å². The molecule has 0 spiro atoms. The molecule has 0 fully saturated rings. The summed E-state index contributed by atoms with van der Waals surface area (Å²) in [5.41, 5.74) is 1.04. The fraction of sp³-hybridized carbons (Fsp3) is 0.167. The maximum Gasteiger partial charge on any atom is 0.273 e. The Morgan fingerprint density at radius 3 is 2.41 bits per heavy atom. The molecule has 0 saturated heterocycles. The van der Waals surface area contributed by atoms with Crippen molar-refractivity contribution in [1.82, 2.24) is 4.98 Å². The highest BCUT2D eigenvalue weighted by atomic mass is 19.1. The summed E-state index contributed by atoms with van der Waals surface area (Å²) in [5.74, 6) is -4.44. The number of ether oxygens (including phenoxy) is 2. The molecule has 2 heterocycles. The van der Waals surface area contributed by atoms with Crippen LogP contribution in [0, 0.1) is 28.7 Å². The number of aryl methyl sites for hydroxylation is 1. The number of aromatic nitrogens is 1. The number of rotatable bonds is 7. The number of furan rings is 1. The second kappa shape index (κ2) is 8.89. The Kier molecular flexibility index (Phi) is 5.97. The number of halogens is 2. The third kappa shape index (κ3) is 3.94. The molecule has 8 nitrogen and oxygen atoms in total. The molecule has 2 aromatic carbocycles. The molecule has 174 valence electrons. The van der Waals surface area contributed by atoms with E-state index < -0.39 is 27.9 Å². The zero-order valence-corrected chi connectivity index (χ0v) is 18.3. The van der Waals surface area contributed by atoms with Gasteiger partial charge in [-0.05, 0) is 24.6 Å². The number of carbonyl (C=O) groups is 1. The highest BCUT2D eigenvalue weighted by Crippen LogP contribution is 2.34. The van der Waals surface area contributed by atoms with Crippen molar-refractivity contribution in [3.63, 3.8) is 0 Å². The second-order valence-electron chi connectivity index (χ2n) is 7.44. The summed E-state index contributed by atoms with van der Waals surface area (Å²) in [6.45, 7) is 1.76. The SMILES string of the molecule is COc1cc(OC)c(F)c(C(=O)c2cc3cc(Cc4c(C)cccc4[N+](=O)[O-])ncc3o2)c1F. The Morgan fingerprint density at radius 1 is 1.12 bits per heavy atom. The van der Waals surface area contributed by atoms with Crippen LogP contribution in [0.25, 0.3) is 11.0 Å². The summed E-state index contributed by atoms with van der Waals surface area (Å²) in [4.78, 5) is 28.1. The standard InChI is InChI=1S/C24H18F2N2O6/c1-12-5-4-6-16(28(30)31)15(12)9-14-7-13-8-19(34-20(13)11-27-14)24(29)21-22(25)17(32-2)10-18(33-3)23(21)26/h4-8,10-11H,9H2,1-3H3. The van der Waals surface area contributed by atoms with Crippen LogP contribution in [0.4, 0.5) is 14.5 Å². The van der Waals surface area contributed by atoms with Crippen LogP contribution in [0.15, 0.2) is 47.0 Å². The van der Waals surface area contributed by atoms with Crippen molar-refractivity contribution < 1.29 is 32.4 Å². The van der Waals surface area contributed by atoms with Gasteiger partial charge in [0.05, 0.1) is 25.3 Å². The van der Waals surface area contributed by atoms with E-state index in [0.29, 0.717) is 16.6 Å². The first-order valence-electron chi connectivity index (χ1n) is 10.0. The number of ketones is 1. The van der Waals surface area contributed by atoms with E-state index in [4.69, 9.17) is 13.9 Å². The lowest BCUT2D eigenvalue weighted by Crippen LogP contribution is -2.09. The molecule has 0 aliphatic carbocycles. The lowest BCUT2D eigenvalue weighted by atomic mass is 10.0. The lowest BCUT2D eigenvalue weighted by Gasteiger charge is -2.10. The van der Waals surface area contributed by atoms with Crippen molar-refractivity contribution in [1.29, 1.82) is 0 Å². The first-order chi connectivity index (χ1) is 16.2. The van der Waals surface area contributed by atoms with Gasteiger partial charge >= 0.3 is 0 Å². The van der Waals surface area contributed by atoms with Crippen LogP contribution in [-0.2, 0) is 6.42 Å². The maximum absolute atomic E-state index is 14.7. The molecule has 2 aromatic heterocycles. The number of hydrogen-bond acceptors (Lipinski definition) is 7. The van der Waals surface area contributed by atoms with Crippen molar-refractivity contribution in [2.45, 2.75) is 13.3 Å². The number of hydrogen-bond donors (Lipinski definition) is 0. The summed E-state index contributed by atoms with van der Waals surface area (Å²) in [7, 11) is 2.36. The minimum absolute atomic E-state index is 0.0251. The minimum Gasteiger partial charge on any atom is -0.494 e. The fourth-order valence-electron chi connectivity index (χ4n) is 3.68. The van der Waals surface area contributed by atoms with Gasteiger partial charge in [-0.1, -0.05) is 12.1 Å². The van der Waals surface area contributed by atoms with Gasteiger partial charge in [0.2, 0.25) is 5.78 Å². The second-order valence-corrected chi connectivity index (χ2v) is 7.44. The van der Waals surface area contributed by atoms with Gasteiger partial charge in [-0.2, -0.15) is 0 Å². The van der Waals surface area contributed by atoms with Crippen LogP contribution < -0.4 is 9.47 Å². The molecule has 0 amide bonds. The molecule has 0 radical (unpaired) electrons. The van der Waals surface area contributed by atoms with Crippen molar-refractivity contribution in [3.05, 3.63) is 92.5 Å². The Bertz CT molecular complexity index is 1420. The van der Waals surface area contributed by atoms with E-state index in [2.05, 4.69) is 4.98 Å². The zero-order chi connectivity index (χ0) is 24.6. The van der Waals surface area contributed by atoms with Crippen LogP contribution in [0.5, 0.6) is 11.5 Å². The molecule has 10 heteroatoms. The summed E-state index contributed by atoms with van der Waals surface area (Å²) in [5, 5.41) is 11.8. The number of methoxy groups -OCH3 is 2. The van der Waals surface area contributed by atoms with Crippen molar-refractivity contribution >= 4 is 22.4 Å². The smallest absolute Gasteiger partial charge is 0.273 e. The van der Waals surface area contributed by atoms with Crippen molar-refractivity contribution in [3.8, 4) is 11.5 Å². The first-order valence-corrected chi connectivity index (χ1v) is 10.0. The number of nitrogens with zero attached hydrogens (tertiary/aromatic N) is 2. The third-order valence-electron chi connectivity index (χ3n) is 5.43. The van der Waals surface area contributed by atoms with Crippen molar-refractivity contribution in [2.24, 2.45) is 0 Å². The average molecular weight is 468 g/mol. The highest BCUT2D eigenvalue weighted by molar-refractivity contribution is 6.09. The third-order valence-corrected chi connectivity index (χ3v) is 5.43. The quantitative estimate of drug-likeness (QED) is 0.210. The van der Waals surface area contributed by atoms with Gasteiger partial charge in [0.25, 0.3) is 5.69 Å². The molecule has 0 N–H and O–H groups in total.